The third kappa shape index (κ3) is 2.52. The zero-order valence-electron chi connectivity index (χ0n) is 10.1. The van der Waals surface area contributed by atoms with Crippen molar-refractivity contribution in [3.05, 3.63) is 35.9 Å². The lowest BCUT2D eigenvalue weighted by Gasteiger charge is -2.17. The van der Waals surface area contributed by atoms with Gasteiger partial charge < -0.3 is 10.5 Å². The van der Waals surface area contributed by atoms with Crippen molar-refractivity contribution in [3.8, 4) is 6.07 Å². The summed E-state index contributed by atoms with van der Waals surface area (Å²) < 4.78 is 5.52. The summed E-state index contributed by atoms with van der Waals surface area (Å²) in [5.74, 6) is -0.809. The molecule has 2 N–H and O–H groups in total. The van der Waals surface area contributed by atoms with Gasteiger partial charge in [-0.2, -0.15) is 5.26 Å². The molecule has 0 radical (unpaired) electrons. The van der Waals surface area contributed by atoms with Gasteiger partial charge in [0.05, 0.1) is 30.6 Å². The van der Waals surface area contributed by atoms with Crippen LogP contribution in [0.5, 0.6) is 0 Å². The van der Waals surface area contributed by atoms with E-state index in [-0.39, 0.29) is 12.5 Å². The summed E-state index contributed by atoms with van der Waals surface area (Å²) >= 11 is 0. The Morgan fingerprint density at radius 2 is 2.11 bits per heavy atom. The average Bonchev–Trinajstić information content (AvgIpc) is 3.17. The first-order chi connectivity index (χ1) is 8.69. The number of carbonyl (C=O) groups is 1. The van der Waals surface area contributed by atoms with Crippen LogP contribution >= 0.6 is 0 Å². The molecule has 1 saturated carbocycles. The molecule has 0 saturated heterocycles. The van der Waals surface area contributed by atoms with E-state index >= 15 is 0 Å². The van der Waals surface area contributed by atoms with Gasteiger partial charge in [0.25, 0.3) is 0 Å². The summed E-state index contributed by atoms with van der Waals surface area (Å²) in [6.07, 6.45) is 1.41. The number of nitriles is 1. The zero-order valence-corrected chi connectivity index (χ0v) is 10.1. The number of ether oxygens (including phenoxy) is 1. The molecule has 4 heteroatoms. The van der Waals surface area contributed by atoms with Gasteiger partial charge in [-0.05, 0) is 18.4 Å². The largest absolute Gasteiger partial charge is 0.375 e. The second-order valence-corrected chi connectivity index (χ2v) is 4.70. The molecule has 1 amide bonds. The predicted octanol–water partition coefficient (Wildman–Crippen LogP) is 1.61. The van der Waals surface area contributed by atoms with Crippen LogP contribution in [0.15, 0.2) is 30.3 Å². The quantitative estimate of drug-likeness (QED) is 0.825. The number of nitrogens with zero attached hydrogens (tertiary/aromatic N) is 1. The van der Waals surface area contributed by atoms with Crippen molar-refractivity contribution in [1.82, 2.24) is 0 Å². The van der Waals surface area contributed by atoms with Crippen LogP contribution in [0, 0.1) is 22.7 Å². The van der Waals surface area contributed by atoms with Crippen LogP contribution < -0.4 is 5.73 Å². The minimum Gasteiger partial charge on any atom is -0.375 e. The van der Waals surface area contributed by atoms with Crippen molar-refractivity contribution in [3.63, 3.8) is 0 Å². The van der Waals surface area contributed by atoms with Crippen LogP contribution in [0.3, 0.4) is 0 Å². The van der Waals surface area contributed by atoms with Gasteiger partial charge in [0.1, 0.15) is 0 Å². The molecule has 2 rings (SSSR count). The van der Waals surface area contributed by atoms with Gasteiger partial charge in [-0.15, -0.1) is 0 Å². The molecule has 0 heterocycles. The molecule has 1 aliphatic rings. The average molecular weight is 244 g/mol. The maximum atomic E-state index is 11.3. The molecular formula is C14H16N2O2. The van der Waals surface area contributed by atoms with Crippen LogP contribution in [0.1, 0.15) is 18.4 Å². The summed E-state index contributed by atoms with van der Waals surface area (Å²) in [5, 5.41) is 9.11. The van der Waals surface area contributed by atoms with Gasteiger partial charge in [-0.3, -0.25) is 4.79 Å². The number of primary amides is 1. The SMILES string of the molecule is N#CC(COCc1ccccc1)C1(C(N)=O)CC1. The number of hydrogen-bond donors (Lipinski definition) is 1. The Bertz CT molecular complexity index is 460. The molecule has 94 valence electrons. The molecule has 1 unspecified atom stereocenters. The number of amides is 1. The van der Waals surface area contributed by atoms with E-state index in [1.807, 2.05) is 30.3 Å². The first-order valence-electron chi connectivity index (χ1n) is 6.00. The van der Waals surface area contributed by atoms with Gasteiger partial charge in [-0.25, -0.2) is 0 Å². The summed E-state index contributed by atoms with van der Waals surface area (Å²) in [5.41, 5.74) is 5.77. The third-order valence-electron chi connectivity index (χ3n) is 3.50. The lowest BCUT2D eigenvalue weighted by Crippen LogP contribution is -2.33. The highest BCUT2D eigenvalue weighted by molar-refractivity contribution is 5.84. The van der Waals surface area contributed by atoms with E-state index in [1.165, 1.54) is 0 Å². The predicted molar refractivity (Wildman–Crippen MR) is 66.1 cm³/mol. The molecule has 0 aromatic heterocycles. The van der Waals surface area contributed by atoms with E-state index in [0.29, 0.717) is 19.4 Å². The van der Waals surface area contributed by atoms with Crippen molar-refractivity contribution in [2.24, 2.45) is 17.1 Å². The summed E-state index contributed by atoms with van der Waals surface area (Å²) in [6.45, 7) is 0.711. The summed E-state index contributed by atoms with van der Waals surface area (Å²) in [7, 11) is 0. The monoisotopic (exact) mass is 244 g/mol. The Kier molecular flexibility index (Phi) is 3.63. The Morgan fingerprint density at radius 3 is 2.61 bits per heavy atom. The lowest BCUT2D eigenvalue weighted by molar-refractivity contribution is -0.125. The molecular weight excluding hydrogens is 228 g/mol. The number of hydrogen-bond acceptors (Lipinski definition) is 3. The second kappa shape index (κ2) is 5.19. The van der Waals surface area contributed by atoms with E-state index in [9.17, 15) is 4.79 Å². The smallest absolute Gasteiger partial charge is 0.225 e. The molecule has 0 spiro atoms. The standard InChI is InChI=1S/C14H16N2O2/c15-8-12(14(6-7-14)13(16)17)10-18-9-11-4-2-1-3-5-11/h1-5,12H,6-7,9-10H2,(H2,16,17). The number of nitrogens with two attached hydrogens (primary N) is 1. The highest BCUT2D eigenvalue weighted by Crippen LogP contribution is 2.51. The molecule has 0 bridgehead atoms. The first kappa shape index (κ1) is 12.6. The topological polar surface area (TPSA) is 76.1 Å². The third-order valence-corrected chi connectivity index (χ3v) is 3.50. The Labute approximate surface area is 106 Å². The molecule has 1 aliphatic carbocycles. The van der Waals surface area contributed by atoms with E-state index in [1.54, 1.807) is 0 Å². The van der Waals surface area contributed by atoms with E-state index in [4.69, 9.17) is 15.7 Å². The van der Waals surface area contributed by atoms with Crippen LogP contribution in [0.2, 0.25) is 0 Å². The van der Waals surface area contributed by atoms with Crippen molar-refractivity contribution >= 4 is 5.91 Å². The fourth-order valence-corrected chi connectivity index (χ4v) is 2.09. The van der Waals surface area contributed by atoms with Gasteiger partial charge in [-0.1, -0.05) is 30.3 Å². The molecule has 1 fully saturated rings. The second-order valence-electron chi connectivity index (χ2n) is 4.70. The minimum atomic E-state index is -0.633. The first-order valence-corrected chi connectivity index (χ1v) is 6.00. The minimum absolute atomic E-state index is 0.258. The lowest BCUT2D eigenvalue weighted by atomic mass is 9.90. The molecule has 0 aliphatic heterocycles. The number of rotatable bonds is 6. The number of benzene rings is 1. The van der Waals surface area contributed by atoms with Crippen LogP contribution in [0.4, 0.5) is 0 Å². The summed E-state index contributed by atoms with van der Waals surface area (Å²) in [6, 6.07) is 11.9. The molecule has 18 heavy (non-hydrogen) atoms. The molecule has 1 aromatic rings. The van der Waals surface area contributed by atoms with Crippen molar-refractivity contribution in [2.75, 3.05) is 6.61 Å². The fraction of sp³-hybridized carbons (Fsp3) is 0.429. The van der Waals surface area contributed by atoms with Crippen molar-refractivity contribution in [1.29, 1.82) is 5.26 Å². The fourth-order valence-electron chi connectivity index (χ4n) is 2.09. The number of carbonyl (C=O) groups excluding carboxylic acids is 1. The van der Waals surface area contributed by atoms with Crippen molar-refractivity contribution < 1.29 is 9.53 Å². The van der Waals surface area contributed by atoms with Gasteiger partial charge >= 0.3 is 0 Å². The van der Waals surface area contributed by atoms with E-state index < -0.39 is 11.3 Å². The molecule has 1 aromatic carbocycles. The zero-order chi connectivity index (χ0) is 13.0. The highest BCUT2D eigenvalue weighted by Gasteiger charge is 2.54. The molecule has 4 nitrogen and oxygen atoms in total. The highest BCUT2D eigenvalue weighted by atomic mass is 16.5. The maximum absolute atomic E-state index is 11.3. The Balaban J connectivity index is 1.86. The molecule has 1 atom stereocenters. The Hall–Kier alpha value is -1.86. The van der Waals surface area contributed by atoms with E-state index in [2.05, 4.69) is 6.07 Å². The summed E-state index contributed by atoms with van der Waals surface area (Å²) in [4.78, 5) is 11.3. The van der Waals surface area contributed by atoms with Gasteiger partial charge in [0.2, 0.25) is 5.91 Å². The van der Waals surface area contributed by atoms with Crippen molar-refractivity contribution in [2.45, 2.75) is 19.4 Å². The van der Waals surface area contributed by atoms with Gasteiger partial charge in [0.15, 0.2) is 0 Å². The van der Waals surface area contributed by atoms with Crippen LogP contribution in [-0.2, 0) is 16.1 Å². The van der Waals surface area contributed by atoms with Crippen LogP contribution in [-0.4, -0.2) is 12.5 Å². The van der Waals surface area contributed by atoms with Crippen LogP contribution in [0.25, 0.3) is 0 Å². The van der Waals surface area contributed by atoms with Gasteiger partial charge in [0, 0.05) is 0 Å². The van der Waals surface area contributed by atoms with E-state index in [0.717, 1.165) is 5.56 Å². The normalized spacial score (nSPS) is 17.7. The maximum Gasteiger partial charge on any atom is 0.225 e. The Morgan fingerprint density at radius 1 is 1.44 bits per heavy atom.